The van der Waals surface area contributed by atoms with Gasteiger partial charge in [-0.05, 0) is 80.6 Å². The third-order valence-corrected chi connectivity index (χ3v) is 6.80. The summed E-state index contributed by atoms with van der Waals surface area (Å²) >= 11 is 0. The second kappa shape index (κ2) is 9.46. The largest absolute Gasteiger partial charge is 0.508 e. The number of aromatic nitrogens is 3. The van der Waals surface area contributed by atoms with E-state index in [1.165, 1.54) is 18.2 Å². The van der Waals surface area contributed by atoms with Crippen molar-refractivity contribution in [1.82, 2.24) is 14.7 Å². The van der Waals surface area contributed by atoms with Gasteiger partial charge in [-0.2, -0.15) is 0 Å². The maximum absolute atomic E-state index is 13.7. The van der Waals surface area contributed by atoms with Crippen LogP contribution in [0, 0.1) is 12.7 Å². The zero-order chi connectivity index (χ0) is 23.7. The van der Waals surface area contributed by atoms with E-state index in [2.05, 4.69) is 25.3 Å². The second-order valence-electron chi connectivity index (χ2n) is 9.08. The van der Waals surface area contributed by atoms with Gasteiger partial charge >= 0.3 is 5.76 Å². The Morgan fingerprint density at radius 2 is 1.85 bits per heavy atom. The molecule has 1 saturated carbocycles. The lowest BCUT2D eigenvalue weighted by Gasteiger charge is -2.24. The number of H-pyrrole nitrogens is 1. The Balaban J connectivity index is 0.000000200. The summed E-state index contributed by atoms with van der Waals surface area (Å²) in [4.78, 5) is 13.0. The number of halogens is 1. The topological polar surface area (TPSA) is 93.3 Å². The van der Waals surface area contributed by atoms with Crippen molar-refractivity contribution in [3.05, 3.63) is 75.9 Å². The Hall–Kier alpha value is -3.39. The van der Waals surface area contributed by atoms with E-state index in [0.29, 0.717) is 17.4 Å². The van der Waals surface area contributed by atoms with Crippen molar-refractivity contribution >= 4 is 10.9 Å². The number of nitrogens with one attached hydrogen (secondary N) is 1. The number of hydrogen-bond donors (Lipinski definition) is 2. The monoisotopic (exact) mass is 465 g/mol. The number of nitrogens with zero attached hydrogens (tertiary/aromatic N) is 2. The van der Waals surface area contributed by atoms with Crippen LogP contribution >= 0.6 is 0 Å². The number of phenolic OH excluding ortho intramolecular Hbond substituents is 1. The summed E-state index contributed by atoms with van der Waals surface area (Å²) in [5.74, 6) is 1.19. The quantitative estimate of drug-likeness (QED) is 0.428. The van der Waals surface area contributed by atoms with Crippen molar-refractivity contribution in [1.29, 1.82) is 0 Å². The van der Waals surface area contributed by atoms with Crippen LogP contribution in [-0.4, -0.2) is 33.0 Å². The minimum atomic E-state index is -0.443. The molecule has 178 valence electrons. The molecule has 2 aromatic carbocycles. The van der Waals surface area contributed by atoms with Crippen LogP contribution in [0.3, 0.4) is 0 Å². The van der Waals surface area contributed by atoms with Gasteiger partial charge in [0.15, 0.2) is 5.82 Å². The lowest BCUT2D eigenvalue weighted by atomic mass is 9.85. The normalized spacial score (nSPS) is 16.8. The Kier molecular flexibility index (Phi) is 6.24. The molecule has 4 aromatic rings. The maximum Gasteiger partial charge on any atom is 0.438 e. The van der Waals surface area contributed by atoms with E-state index in [9.17, 15) is 14.3 Å². The number of ether oxygens (including phenoxy) is 1. The number of benzene rings is 2. The maximum atomic E-state index is 13.7. The van der Waals surface area contributed by atoms with Crippen LogP contribution in [0.4, 0.5) is 4.39 Å². The molecule has 2 fully saturated rings. The van der Waals surface area contributed by atoms with Gasteiger partial charge in [0.05, 0.1) is 5.52 Å². The Morgan fingerprint density at radius 1 is 1.06 bits per heavy atom. The summed E-state index contributed by atoms with van der Waals surface area (Å²) in [6.07, 6.45) is 5.44. The molecule has 8 heteroatoms. The molecule has 0 atom stereocenters. The summed E-state index contributed by atoms with van der Waals surface area (Å²) in [6.45, 7) is 3.31. The molecule has 7 nitrogen and oxygen atoms in total. The van der Waals surface area contributed by atoms with Gasteiger partial charge < -0.3 is 14.4 Å². The van der Waals surface area contributed by atoms with E-state index in [4.69, 9.17) is 4.74 Å². The predicted octanol–water partition coefficient (Wildman–Crippen LogP) is 5.31. The lowest BCUT2D eigenvalue weighted by molar-refractivity contribution is 0.0842. The number of hydrogen-bond acceptors (Lipinski definition) is 5. The minimum Gasteiger partial charge on any atom is -0.508 e. The summed E-state index contributed by atoms with van der Waals surface area (Å²) in [5.41, 5.74) is 3.81. The van der Waals surface area contributed by atoms with Gasteiger partial charge in [-0.1, -0.05) is 11.6 Å². The summed E-state index contributed by atoms with van der Waals surface area (Å²) in [6, 6.07) is 12.8. The number of aromatic amines is 1. The molecular weight excluding hydrogens is 437 g/mol. The number of rotatable bonds is 3. The first kappa shape index (κ1) is 22.4. The summed E-state index contributed by atoms with van der Waals surface area (Å²) in [5, 5.41) is 14.4. The van der Waals surface area contributed by atoms with Crippen molar-refractivity contribution in [2.45, 2.75) is 50.9 Å². The average molecular weight is 466 g/mol. The lowest BCUT2D eigenvalue weighted by Crippen LogP contribution is -2.16. The molecule has 2 aromatic heterocycles. The van der Waals surface area contributed by atoms with E-state index in [1.807, 2.05) is 18.2 Å². The minimum absolute atomic E-state index is 0.194. The van der Waals surface area contributed by atoms with Gasteiger partial charge in [-0.15, -0.1) is 0 Å². The Labute approximate surface area is 196 Å². The fraction of sp³-hybridized carbons (Fsp3) is 0.385. The third kappa shape index (κ3) is 4.50. The van der Waals surface area contributed by atoms with Gasteiger partial charge in [0.1, 0.15) is 11.6 Å². The molecule has 3 heterocycles. The standard InChI is InChI=1S/C20H20FNO2.C6H8N2O2/c1-13-10-16(2-4-18(13)21)22-19-5-3-17(23)11-15(19)12-20(22)14-6-8-24-9-7-14;9-6-7-5(8-10-6)4-2-1-3-4/h2-5,10-12,14,23H,6-9H2,1H3;4H,1-3H2,(H,7,8,9). The number of phenols is 1. The smallest absolute Gasteiger partial charge is 0.438 e. The van der Waals surface area contributed by atoms with E-state index in [0.717, 1.165) is 61.3 Å². The Morgan fingerprint density at radius 3 is 2.50 bits per heavy atom. The highest BCUT2D eigenvalue weighted by atomic mass is 19.1. The number of aryl methyl sites for hydroxylation is 1. The van der Waals surface area contributed by atoms with Crippen molar-refractivity contribution in [2.24, 2.45) is 0 Å². The molecule has 6 rings (SSSR count). The molecule has 0 amide bonds. The van der Waals surface area contributed by atoms with Gasteiger partial charge in [0.25, 0.3) is 0 Å². The van der Waals surface area contributed by atoms with Crippen LogP contribution in [0.1, 0.15) is 61.0 Å². The molecule has 2 aliphatic rings. The van der Waals surface area contributed by atoms with E-state index < -0.39 is 5.76 Å². The first-order valence-corrected chi connectivity index (χ1v) is 11.7. The molecule has 0 unspecified atom stereocenters. The van der Waals surface area contributed by atoms with Crippen LogP contribution in [0.2, 0.25) is 0 Å². The van der Waals surface area contributed by atoms with Gasteiger partial charge in [-0.3, -0.25) is 9.51 Å². The highest BCUT2D eigenvalue weighted by Gasteiger charge is 2.23. The molecule has 1 aliphatic carbocycles. The van der Waals surface area contributed by atoms with Crippen LogP contribution < -0.4 is 5.76 Å². The van der Waals surface area contributed by atoms with Gasteiger partial charge in [0.2, 0.25) is 0 Å². The predicted molar refractivity (Wildman–Crippen MR) is 126 cm³/mol. The summed E-state index contributed by atoms with van der Waals surface area (Å²) < 4.78 is 25.8. The molecule has 0 radical (unpaired) electrons. The fourth-order valence-electron chi connectivity index (χ4n) is 4.67. The molecule has 34 heavy (non-hydrogen) atoms. The molecule has 2 N–H and O–H groups in total. The van der Waals surface area contributed by atoms with E-state index in [-0.39, 0.29) is 11.6 Å². The Bertz CT molecular complexity index is 1350. The SMILES string of the molecule is Cc1cc(-n2c(C3CCOCC3)cc3cc(O)ccc32)ccc1F.O=c1[nH]c(C2CCC2)no1. The van der Waals surface area contributed by atoms with Crippen LogP contribution in [0.25, 0.3) is 16.6 Å². The first-order chi connectivity index (χ1) is 16.5. The van der Waals surface area contributed by atoms with Gasteiger partial charge in [-0.25, -0.2) is 9.18 Å². The second-order valence-corrected chi connectivity index (χ2v) is 9.08. The average Bonchev–Trinajstić information content (AvgIpc) is 3.39. The van der Waals surface area contributed by atoms with Crippen LogP contribution in [0.15, 0.2) is 51.8 Å². The van der Waals surface area contributed by atoms with E-state index in [1.54, 1.807) is 19.1 Å². The van der Waals surface area contributed by atoms with E-state index >= 15 is 0 Å². The molecule has 1 saturated heterocycles. The number of aromatic hydroxyl groups is 1. The summed E-state index contributed by atoms with van der Waals surface area (Å²) in [7, 11) is 0. The molecular formula is C26H28FN3O4. The molecule has 0 bridgehead atoms. The first-order valence-electron chi connectivity index (χ1n) is 11.7. The molecule has 1 aliphatic heterocycles. The third-order valence-electron chi connectivity index (χ3n) is 6.80. The zero-order valence-electron chi connectivity index (χ0n) is 19.1. The van der Waals surface area contributed by atoms with Crippen LogP contribution in [0.5, 0.6) is 5.75 Å². The van der Waals surface area contributed by atoms with Crippen molar-refractivity contribution < 1.29 is 18.8 Å². The zero-order valence-corrected chi connectivity index (χ0v) is 19.1. The molecule has 0 spiro atoms. The highest BCUT2D eigenvalue weighted by Crippen LogP contribution is 2.36. The van der Waals surface area contributed by atoms with Crippen molar-refractivity contribution in [3.8, 4) is 11.4 Å². The van der Waals surface area contributed by atoms with Gasteiger partial charge in [0, 0.05) is 41.8 Å². The van der Waals surface area contributed by atoms with Crippen molar-refractivity contribution in [3.63, 3.8) is 0 Å². The fourth-order valence-corrected chi connectivity index (χ4v) is 4.67. The number of fused-ring (bicyclic) bond motifs is 1. The highest BCUT2D eigenvalue weighted by molar-refractivity contribution is 5.85. The van der Waals surface area contributed by atoms with Crippen molar-refractivity contribution in [2.75, 3.05) is 13.2 Å². The van der Waals surface area contributed by atoms with Crippen LogP contribution in [-0.2, 0) is 4.74 Å².